The molecule has 1 heterocycles. The van der Waals surface area contributed by atoms with Crippen LogP contribution in [0, 0.1) is 5.92 Å². The van der Waals surface area contributed by atoms with Gasteiger partial charge in [0.15, 0.2) is 5.78 Å². The van der Waals surface area contributed by atoms with Crippen molar-refractivity contribution in [2.75, 3.05) is 6.54 Å². The molecular formula is C9H15NO. The Bertz CT molecular complexity index is 174. The average molecular weight is 153 g/mol. The Morgan fingerprint density at radius 2 is 2.36 bits per heavy atom. The minimum absolute atomic E-state index is 0.131. The highest BCUT2D eigenvalue weighted by molar-refractivity contribution is 5.87. The van der Waals surface area contributed by atoms with Crippen molar-refractivity contribution in [1.29, 1.82) is 0 Å². The fourth-order valence-electron chi connectivity index (χ4n) is 1.35. The zero-order chi connectivity index (χ0) is 8.27. The largest absolute Gasteiger partial charge is 0.310 e. The molecule has 62 valence electrons. The molecule has 0 spiro atoms. The van der Waals surface area contributed by atoms with E-state index < -0.39 is 0 Å². The summed E-state index contributed by atoms with van der Waals surface area (Å²) in [6.45, 7) is 4.87. The summed E-state index contributed by atoms with van der Waals surface area (Å²) in [5.74, 6) is 0.878. The van der Waals surface area contributed by atoms with Crippen LogP contribution < -0.4 is 5.32 Å². The number of carbonyl (C=O) groups is 1. The maximum absolute atomic E-state index is 10.6. The Balaban J connectivity index is 2.33. The van der Waals surface area contributed by atoms with Gasteiger partial charge in [-0.1, -0.05) is 13.0 Å². The molecule has 1 saturated heterocycles. The van der Waals surface area contributed by atoms with Crippen molar-refractivity contribution in [2.24, 2.45) is 5.92 Å². The van der Waals surface area contributed by atoms with Crippen LogP contribution in [0.15, 0.2) is 12.2 Å². The third-order valence-electron chi connectivity index (χ3n) is 1.95. The van der Waals surface area contributed by atoms with Crippen molar-refractivity contribution in [3.63, 3.8) is 0 Å². The molecule has 1 aliphatic rings. The molecule has 1 fully saturated rings. The Kier molecular flexibility index (Phi) is 2.83. The highest BCUT2D eigenvalue weighted by Gasteiger charge is 2.17. The Morgan fingerprint density at radius 1 is 1.64 bits per heavy atom. The first-order valence-electron chi connectivity index (χ1n) is 4.10. The van der Waals surface area contributed by atoms with Gasteiger partial charge in [-0.15, -0.1) is 0 Å². The zero-order valence-electron chi connectivity index (χ0n) is 7.13. The molecule has 2 heteroatoms. The monoisotopic (exact) mass is 153 g/mol. The third-order valence-corrected chi connectivity index (χ3v) is 1.95. The lowest BCUT2D eigenvalue weighted by Gasteiger charge is -2.00. The van der Waals surface area contributed by atoms with E-state index in [1.807, 2.05) is 6.08 Å². The molecule has 0 bridgehead atoms. The molecule has 0 aromatic heterocycles. The maximum Gasteiger partial charge on any atom is 0.152 e. The molecule has 0 aliphatic carbocycles. The van der Waals surface area contributed by atoms with Gasteiger partial charge in [0.2, 0.25) is 0 Å². The summed E-state index contributed by atoms with van der Waals surface area (Å²) in [6, 6.07) is 0.425. The number of ketones is 1. The fourth-order valence-corrected chi connectivity index (χ4v) is 1.35. The van der Waals surface area contributed by atoms with Gasteiger partial charge in [0.05, 0.1) is 0 Å². The van der Waals surface area contributed by atoms with E-state index in [-0.39, 0.29) is 5.78 Å². The minimum Gasteiger partial charge on any atom is -0.310 e. The van der Waals surface area contributed by atoms with Gasteiger partial charge in [0, 0.05) is 6.04 Å². The topological polar surface area (TPSA) is 29.1 Å². The second-order valence-electron chi connectivity index (χ2n) is 3.33. The second kappa shape index (κ2) is 3.67. The summed E-state index contributed by atoms with van der Waals surface area (Å²) in [7, 11) is 0. The molecule has 2 atom stereocenters. The van der Waals surface area contributed by atoms with Gasteiger partial charge in [-0.3, -0.25) is 4.79 Å². The number of hydrogen-bond donors (Lipinski definition) is 1. The van der Waals surface area contributed by atoms with E-state index >= 15 is 0 Å². The van der Waals surface area contributed by atoms with Crippen molar-refractivity contribution in [3.05, 3.63) is 12.2 Å². The molecule has 0 radical (unpaired) electrons. The number of nitrogens with one attached hydrogen (secondary N) is 1. The zero-order valence-corrected chi connectivity index (χ0v) is 7.13. The summed E-state index contributed by atoms with van der Waals surface area (Å²) in [5.41, 5.74) is 0. The first-order chi connectivity index (χ1) is 5.18. The Hall–Kier alpha value is -0.630. The number of rotatable bonds is 2. The number of allylic oxidation sites excluding steroid dienone is 1. The highest BCUT2D eigenvalue weighted by atomic mass is 16.1. The molecule has 0 unspecified atom stereocenters. The molecule has 0 aromatic rings. The van der Waals surface area contributed by atoms with Crippen molar-refractivity contribution in [3.8, 4) is 0 Å². The summed E-state index contributed by atoms with van der Waals surface area (Å²) < 4.78 is 0. The van der Waals surface area contributed by atoms with Crippen LogP contribution in [0.2, 0.25) is 0 Å². The molecule has 11 heavy (non-hydrogen) atoms. The SMILES string of the molecule is CC(=O)/C=C/[C@@H]1C[C@H](C)CN1. The van der Waals surface area contributed by atoms with Crippen molar-refractivity contribution >= 4 is 5.78 Å². The molecule has 2 nitrogen and oxygen atoms in total. The van der Waals surface area contributed by atoms with E-state index in [0.29, 0.717) is 6.04 Å². The van der Waals surface area contributed by atoms with Crippen LogP contribution in [0.4, 0.5) is 0 Å². The van der Waals surface area contributed by atoms with Crippen molar-refractivity contribution in [2.45, 2.75) is 26.3 Å². The first kappa shape index (κ1) is 8.47. The van der Waals surface area contributed by atoms with Gasteiger partial charge in [-0.25, -0.2) is 0 Å². The van der Waals surface area contributed by atoms with Gasteiger partial charge >= 0.3 is 0 Å². The van der Waals surface area contributed by atoms with E-state index in [4.69, 9.17) is 0 Å². The van der Waals surface area contributed by atoms with Crippen LogP contribution in [0.1, 0.15) is 20.3 Å². The summed E-state index contributed by atoms with van der Waals surface area (Å²) in [6.07, 6.45) is 4.77. The average Bonchev–Trinajstić information content (AvgIpc) is 2.31. The van der Waals surface area contributed by atoms with Crippen molar-refractivity contribution < 1.29 is 4.79 Å². The minimum atomic E-state index is 0.131. The van der Waals surface area contributed by atoms with E-state index in [1.165, 1.54) is 0 Å². The van der Waals surface area contributed by atoms with Crippen LogP contribution in [0.25, 0.3) is 0 Å². The first-order valence-corrected chi connectivity index (χ1v) is 4.10. The lowest BCUT2D eigenvalue weighted by Crippen LogP contribution is -2.18. The molecule has 0 aromatic carbocycles. The summed E-state index contributed by atoms with van der Waals surface area (Å²) >= 11 is 0. The van der Waals surface area contributed by atoms with Crippen molar-refractivity contribution in [1.82, 2.24) is 5.32 Å². The van der Waals surface area contributed by atoms with Gasteiger partial charge < -0.3 is 5.32 Å². The lowest BCUT2D eigenvalue weighted by atomic mass is 10.1. The molecule has 0 amide bonds. The summed E-state index contributed by atoms with van der Waals surface area (Å²) in [4.78, 5) is 10.6. The van der Waals surface area contributed by atoms with Crippen LogP contribution in [0.3, 0.4) is 0 Å². The number of carbonyl (C=O) groups excluding carboxylic acids is 1. The molecular weight excluding hydrogens is 138 g/mol. The van der Waals surface area contributed by atoms with E-state index in [9.17, 15) is 4.79 Å². The smallest absolute Gasteiger partial charge is 0.152 e. The molecule has 0 saturated carbocycles. The van der Waals surface area contributed by atoms with E-state index in [1.54, 1.807) is 13.0 Å². The molecule has 1 rings (SSSR count). The fraction of sp³-hybridized carbons (Fsp3) is 0.667. The normalized spacial score (nSPS) is 31.5. The summed E-state index contributed by atoms with van der Waals surface area (Å²) in [5, 5.41) is 3.32. The quantitative estimate of drug-likeness (QED) is 0.602. The van der Waals surface area contributed by atoms with Crippen LogP contribution in [-0.2, 0) is 4.79 Å². The van der Waals surface area contributed by atoms with Crippen LogP contribution >= 0.6 is 0 Å². The van der Waals surface area contributed by atoms with Crippen LogP contribution in [0.5, 0.6) is 0 Å². The Morgan fingerprint density at radius 3 is 2.82 bits per heavy atom. The highest BCUT2D eigenvalue weighted by Crippen LogP contribution is 2.13. The van der Waals surface area contributed by atoms with Crippen LogP contribution in [-0.4, -0.2) is 18.4 Å². The second-order valence-corrected chi connectivity index (χ2v) is 3.33. The third kappa shape index (κ3) is 2.85. The van der Waals surface area contributed by atoms with E-state index in [2.05, 4.69) is 12.2 Å². The van der Waals surface area contributed by atoms with E-state index in [0.717, 1.165) is 18.9 Å². The van der Waals surface area contributed by atoms with Gasteiger partial charge in [0.25, 0.3) is 0 Å². The number of hydrogen-bond acceptors (Lipinski definition) is 2. The van der Waals surface area contributed by atoms with Gasteiger partial charge in [0.1, 0.15) is 0 Å². The lowest BCUT2D eigenvalue weighted by molar-refractivity contribution is -0.112. The Labute approximate surface area is 67.7 Å². The molecule has 1 N–H and O–H groups in total. The standard InChI is InChI=1S/C9H15NO/c1-7-5-9(10-6-7)4-3-8(2)11/h3-4,7,9-10H,5-6H2,1-2H3/b4-3+/t7-,9+/m0/s1. The van der Waals surface area contributed by atoms with Gasteiger partial charge in [-0.05, 0) is 31.9 Å². The predicted molar refractivity (Wildman–Crippen MR) is 45.4 cm³/mol. The molecule has 1 aliphatic heterocycles. The predicted octanol–water partition coefficient (Wildman–Crippen LogP) is 1.13. The van der Waals surface area contributed by atoms with Gasteiger partial charge in [-0.2, -0.15) is 0 Å². The maximum atomic E-state index is 10.6.